The summed E-state index contributed by atoms with van der Waals surface area (Å²) in [6.45, 7) is 11.5. The molecular formula is C30H38N6O3. The molecule has 2 saturated heterocycles. The largest absolute Gasteiger partial charge is 0.462 e. The van der Waals surface area contributed by atoms with Crippen LogP contribution in [-0.2, 0) is 17.9 Å². The number of esters is 1. The van der Waals surface area contributed by atoms with E-state index >= 15 is 0 Å². The van der Waals surface area contributed by atoms with Gasteiger partial charge >= 0.3 is 5.97 Å². The van der Waals surface area contributed by atoms with Crippen molar-refractivity contribution in [2.45, 2.75) is 46.8 Å². The third-order valence-electron chi connectivity index (χ3n) is 8.61. The van der Waals surface area contributed by atoms with Gasteiger partial charge in [0.1, 0.15) is 11.6 Å². The fraction of sp³-hybridized carbons (Fsp3) is 0.533. The van der Waals surface area contributed by atoms with Gasteiger partial charge < -0.3 is 19.6 Å². The summed E-state index contributed by atoms with van der Waals surface area (Å²) < 4.78 is 6.74. The van der Waals surface area contributed by atoms with Crippen molar-refractivity contribution < 1.29 is 14.6 Å². The van der Waals surface area contributed by atoms with E-state index in [1.165, 1.54) is 25.9 Å². The molecule has 4 aliphatic rings. The fourth-order valence-corrected chi connectivity index (χ4v) is 5.95. The number of rotatable bonds is 7. The van der Waals surface area contributed by atoms with Crippen molar-refractivity contribution >= 4 is 17.6 Å². The SMILES string of the molecule is CCOC(=O)c1cnn(Cc2ccc(N3CC4CC4C3)nc2C)c1.Cc1nc(N2CC3CC3C2)ccc1CO. The molecule has 2 saturated carbocycles. The number of fused-ring (bicyclic) bond motifs is 2. The maximum absolute atomic E-state index is 11.7. The van der Waals surface area contributed by atoms with E-state index in [1.54, 1.807) is 24.0 Å². The van der Waals surface area contributed by atoms with Gasteiger partial charge in [-0.1, -0.05) is 12.1 Å². The summed E-state index contributed by atoms with van der Waals surface area (Å²) >= 11 is 0. The number of anilines is 2. The highest BCUT2D eigenvalue weighted by atomic mass is 16.5. The first kappa shape index (κ1) is 25.8. The molecular weight excluding hydrogens is 492 g/mol. The van der Waals surface area contributed by atoms with Crippen LogP contribution in [0.15, 0.2) is 36.7 Å². The molecule has 39 heavy (non-hydrogen) atoms. The summed E-state index contributed by atoms with van der Waals surface area (Å²) in [7, 11) is 0. The van der Waals surface area contributed by atoms with Crippen molar-refractivity contribution in [3.8, 4) is 0 Å². The van der Waals surface area contributed by atoms with E-state index in [0.717, 1.165) is 70.9 Å². The predicted octanol–water partition coefficient (Wildman–Crippen LogP) is 3.61. The highest BCUT2D eigenvalue weighted by molar-refractivity contribution is 5.88. The molecule has 206 valence electrons. The standard InChI is InChI=1S/C18H22N4O2.C12H16N2O/c1-3-24-18(23)16-7-19-22(11-16)10-13-4-5-17(20-12(13)2)21-8-14-6-15(14)9-21;1-8-9(7-15)2-3-12(13-8)14-5-10-4-11(10)6-14/h4-5,7,11,14-15H,3,6,8-10H2,1-2H3;2-3,10-11,15H,4-7H2,1H3. The van der Waals surface area contributed by atoms with Crippen LogP contribution >= 0.6 is 0 Å². The minimum Gasteiger partial charge on any atom is -0.462 e. The van der Waals surface area contributed by atoms with Crippen LogP contribution in [0.25, 0.3) is 0 Å². The third-order valence-corrected chi connectivity index (χ3v) is 8.61. The number of ether oxygens (including phenoxy) is 1. The molecule has 2 aliphatic heterocycles. The molecule has 2 aliphatic carbocycles. The fourth-order valence-electron chi connectivity index (χ4n) is 5.95. The monoisotopic (exact) mass is 530 g/mol. The summed E-state index contributed by atoms with van der Waals surface area (Å²) in [6.07, 6.45) is 6.09. The summed E-state index contributed by atoms with van der Waals surface area (Å²) in [5.74, 6) is 5.50. The second-order valence-electron chi connectivity index (χ2n) is 11.5. The number of aromatic nitrogens is 4. The van der Waals surface area contributed by atoms with E-state index in [1.807, 2.05) is 26.0 Å². The molecule has 0 aromatic carbocycles. The quantitative estimate of drug-likeness (QED) is 0.463. The molecule has 9 heteroatoms. The molecule has 4 unspecified atom stereocenters. The molecule has 7 rings (SSSR count). The van der Waals surface area contributed by atoms with Gasteiger partial charge in [0, 0.05) is 43.8 Å². The van der Waals surface area contributed by atoms with Gasteiger partial charge in [0.25, 0.3) is 0 Å². The smallest absolute Gasteiger partial charge is 0.341 e. The van der Waals surface area contributed by atoms with E-state index in [-0.39, 0.29) is 12.6 Å². The lowest BCUT2D eigenvalue weighted by molar-refractivity contribution is 0.0526. The van der Waals surface area contributed by atoms with Gasteiger partial charge in [-0.2, -0.15) is 5.10 Å². The van der Waals surface area contributed by atoms with Crippen LogP contribution in [0.3, 0.4) is 0 Å². The number of carbonyl (C=O) groups excluding carboxylic acids is 1. The summed E-state index contributed by atoms with van der Waals surface area (Å²) in [5, 5.41) is 13.3. The Balaban J connectivity index is 0.000000158. The normalized spacial score (nSPS) is 24.1. The van der Waals surface area contributed by atoms with Gasteiger partial charge in [-0.05, 0) is 80.5 Å². The number of hydrogen-bond donors (Lipinski definition) is 1. The maximum Gasteiger partial charge on any atom is 0.341 e. The van der Waals surface area contributed by atoms with Gasteiger partial charge in [0.2, 0.25) is 0 Å². The number of pyridine rings is 2. The molecule has 3 aromatic rings. The van der Waals surface area contributed by atoms with Crippen molar-refractivity contribution in [3.63, 3.8) is 0 Å². The summed E-state index contributed by atoms with van der Waals surface area (Å²) in [4.78, 5) is 25.8. The lowest BCUT2D eigenvalue weighted by Gasteiger charge is -2.20. The number of piperidine rings is 2. The van der Waals surface area contributed by atoms with Crippen LogP contribution in [0.4, 0.5) is 11.6 Å². The first-order valence-electron chi connectivity index (χ1n) is 14.1. The average molecular weight is 531 g/mol. The predicted molar refractivity (Wildman–Crippen MR) is 149 cm³/mol. The average Bonchev–Trinajstić information content (AvgIpc) is 3.63. The number of nitrogens with zero attached hydrogens (tertiary/aromatic N) is 6. The molecule has 0 amide bonds. The molecule has 9 nitrogen and oxygen atoms in total. The number of hydrogen-bond acceptors (Lipinski definition) is 8. The van der Waals surface area contributed by atoms with Crippen LogP contribution in [0, 0.1) is 37.5 Å². The van der Waals surface area contributed by atoms with Gasteiger partial charge in [0.05, 0.1) is 31.5 Å². The first-order chi connectivity index (χ1) is 18.9. The van der Waals surface area contributed by atoms with E-state index in [2.05, 4.69) is 32.0 Å². The first-order valence-corrected chi connectivity index (χ1v) is 14.1. The molecule has 3 aromatic heterocycles. The van der Waals surface area contributed by atoms with E-state index in [9.17, 15) is 4.79 Å². The zero-order chi connectivity index (χ0) is 27.1. The van der Waals surface area contributed by atoms with E-state index < -0.39 is 0 Å². The Kier molecular flexibility index (Phi) is 7.01. The highest BCUT2D eigenvalue weighted by Crippen LogP contribution is 2.46. The molecule has 0 bridgehead atoms. The minimum atomic E-state index is -0.332. The number of carbonyl (C=O) groups is 1. The molecule has 0 radical (unpaired) electrons. The summed E-state index contributed by atoms with van der Waals surface area (Å²) in [5.41, 5.74) is 4.50. The van der Waals surface area contributed by atoms with Crippen LogP contribution in [0.5, 0.6) is 0 Å². The van der Waals surface area contributed by atoms with Gasteiger partial charge in [-0.25, -0.2) is 14.8 Å². The molecule has 1 N–H and O–H groups in total. The van der Waals surface area contributed by atoms with E-state index in [4.69, 9.17) is 14.8 Å². The van der Waals surface area contributed by atoms with Crippen molar-refractivity contribution in [1.29, 1.82) is 0 Å². The Hall–Kier alpha value is -3.46. The van der Waals surface area contributed by atoms with Crippen molar-refractivity contribution in [3.05, 3.63) is 64.7 Å². The van der Waals surface area contributed by atoms with Crippen LogP contribution < -0.4 is 9.80 Å². The lowest BCUT2D eigenvalue weighted by Crippen LogP contribution is -2.23. The molecule has 0 spiro atoms. The Morgan fingerprint density at radius 2 is 1.44 bits per heavy atom. The van der Waals surface area contributed by atoms with Gasteiger partial charge in [0.15, 0.2) is 0 Å². The van der Waals surface area contributed by atoms with Gasteiger partial charge in [-0.3, -0.25) is 4.68 Å². The van der Waals surface area contributed by atoms with Crippen molar-refractivity contribution in [2.24, 2.45) is 23.7 Å². The molecule has 5 heterocycles. The number of aryl methyl sites for hydroxylation is 2. The van der Waals surface area contributed by atoms with E-state index in [0.29, 0.717) is 18.7 Å². The summed E-state index contributed by atoms with van der Waals surface area (Å²) in [6, 6.07) is 8.24. The van der Waals surface area contributed by atoms with Crippen LogP contribution in [0.1, 0.15) is 52.6 Å². The Morgan fingerprint density at radius 3 is 1.92 bits per heavy atom. The van der Waals surface area contributed by atoms with Gasteiger partial charge in [-0.15, -0.1) is 0 Å². The second-order valence-corrected chi connectivity index (χ2v) is 11.5. The highest BCUT2D eigenvalue weighted by Gasteiger charge is 2.46. The second kappa shape index (κ2) is 10.6. The van der Waals surface area contributed by atoms with Crippen LogP contribution in [-0.4, -0.2) is 63.6 Å². The Bertz CT molecular complexity index is 1340. The zero-order valence-corrected chi connectivity index (χ0v) is 23.1. The minimum absolute atomic E-state index is 0.0877. The van der Waals surface area contributed by atoms with Crippen molar-refractivity contribution in [2.75, 3.05) is 42.6 Å². The van der Waals surface area contributed by atoms with Crippen molar-refractivity contribution in [1.82, 2.24) is 19.7 Å². The Labute approximate surface area is 229 Å². The molecule has 4 atom stereocenters. The Morgan fingerprint density at radius 1 is 0.897 bits per heavy atom. The third kappa shape index (κ3) is 5.64. The number of aliphatic hydroxyl groups is 1. The number of aliphatic hydroxyl groups excluding tert-OH is 1. The maximum atomic E-state index is 11.7. The zero-order valence-electron chi connectivity index (χ0n) is 23.1. The lowest BCUT2D eigenvalue weighted by atomic mass is 10.2. The van der Waals surface area contributed by atoms with Crippen LogP contribution in [0.2, 0.25) is 0 Å². The topological polar surface area (TPSA) is 96.6 Å². The molecule has 4 fully saturated rings.